The van der Waals surface area contributed by atoms with Crippen LogP contribution in [-0.4, -0.2) is 23.3 Å². The number of hydrogen-bond acceptors (Lipinski definition) is 3. The maximum absolute atomic E-state index is 8.64. The normalized spacial score (nSPS) is 9.53. The van der Waals surface area contributed by atoms with Crippen molar-refractivity contribution < 1.29 is 9.84 Å². The van der Waals surface area contributed by atoms with Crippen LogP contribution in [-0.2, 0) is 6.42 Å². The van der Waals surface area contributed by atoms with Crippen molar-refractivity contribution in [1.82, 2.24) is 4.98 Å². The van der Waals surface area contributed by atoms with Crippen molar-refractivity contribution in [1.29, 1.82) is 0 Å². The van der Waals surface area contributed by atoms with Gasteiger partial charge in [-0.1, -0.05) is 42.2 Å². The van der Waals surface area contributed by atoms with Crippen LogP contribution in [0, 0.1) is 11.8 Å². The highest BCUT2D eigenvalue weighted by Gasteiger charge is 1.97. The number of ether oxygens (including phenoxy) is 1. The molecule has 3 heteroatoms. The first kappa shape index (κ1) is 13.1. The molecule has 96 valence electrons. The monoisotopic (exact) mass is 253 g/mol. The standard InChI is InChI=1S/C16H15NO2/c18-9-4-7-15-11-16(13-17-12-15)19-10-8-14-5-2-1-3-6-14/h1-3,5-6,11-13,18H,8-10H2. The Morgan fingerprint density at radius 1 is 1.16 bits per heavy atom. The average molecular weight is 253 g/mol. The van der Waals surface area contributed by atoms with E-state index < -0.39 is 0 Å². The quantitative estimate of drug-likeness (QED) is 0.848. The Kier molecular flexibility index (Phi) is 4.97. The van der Waals surface area contributed by atoms with E-state index >= 15 is 0 Å². The van der Waals surface area contributed by atoms with Gasteiger partial charge in [-0.2, -0.15) is 0 Å². The zero-order chi connectivity index (χ0) is 13.3. The predicted octanol–water partition coefficient (Wildman–Crippen LogP) is 2.05. The summed E-state index contributed by atoms with van der Waals surface area (Å²) in [5.41, 5.74) is 1.98. The summed E-state index contributed by atoms with van der Waals surface area (Å²) in [4.78, 5) is 4.05. The Labute approximate surface area is 112 Å². The number of benzene rings is 1. The molecular weight excluding hydrogens is 238 g/mol. The highest BCUT2D eigenvalue weighted by molar-refractivity contribution is 5.36. The maximum Gasteiger partial charge on any atom is 0.138 e. The van der Waals surface area contributed by atoms with Crippen molar-refractivity contribution in [2.75, 3.05) is 13.2 Å². The van der Waals surface area contributed by atoms with Gasteiger partial charge in [0.25, 0.3) is 0 Å². The van der Waals surface area contributed by atoms with Crippen LogP contribution >= 0.6 is 0 Å². The molecule has 0 spiro atoms. The van der Waals surface area contributed by atoms with Gasteiger partial charge in [-0.05, 0) is 11.6 Å². The molecule has 2 rings (SSSR count). The molecule has 1 N–H and O–H groups in total. The first-order valence-corrected chi connectivity index (χ1v) is 6.10. The van der Waals surface area contributed by atoms with Gasteiger partial charge in [-0.25, -0.2) is 0 Å². The van der Waals surface area contributed by atoms with E-state index in [0.29, 0.717) is 12.4 Å². The average Bonchev–Trinajstić information content (AvgIpc) is 2.47. The fourth-order valence-corrected chi connectivity index (χ4v) is 1.64. The molecule has 1 heterocycles. The fourth-order valence-electron chi connectivity index (χ4n) is 1.64. The Hall–Kier alpha value is -2.31. The lowest BCUT2D eigenvalue weighted by molar-refractivity contribution is 0.320. The number of aliphatic hydroxyl groups excluding tert-OH is 1. The number of pyridine rings is 1. The van der Waals surface area contributed by atoms with E-state index in [2.05, 4.69) is 29.0 Å². The van der Waals surface area contributed by atoms with Crippen molar-refractivity contribution in [3.05, 3.63) is 59.9 Å². The van der Waals surface area contributed by atoms with Gasteiger partial charge in [0.15, 0.2) is 0 Å². The van der Waals surface area contributed by atoms with Crippen LogP contribution in [0.3, 0.4) is 0 Å². The van der Waals surface area contributed by atoms with Crippen LogP contribution in [0.5, 0.6) is 5.75 Å². The second-order valence-electron chi connectivity index (χ2n) is 3.95. The molecule has 0 saturated carbocycles. The van der Waals surface area contributed by atoms with Crippen molar-refractivity contribution in [2.45, 2.75) is 6.42 Å². The van der Waals surface area contributed by atoms with E-state index in [0.717, 1.165) is 12.0 Å². The molecule has 1 aromatic heterocycles. The van der Waals surface area contributed by atoms with E-state index in [1.807, 2.05) is 24.3 Å². The first-order valence-electron chi connectivity index (χ1n) is 6.10. The van der Waals surface area contributed by atoms with E-state index in [1.165, 1.54) is 5.56 Å². The van der Waals surface area contributed by atoms with Crippen molar-refractivity contribution in [2.24, 2.45) is 0 Å². The largest absolute Gasteiger partial charge is 0.492 e. The summed E-state index contributed by atoms with van der Waals surface area (Å²) in [5, 5.41) is 8.64. The van der Waals surface area contributed by atoms with E-state index in [4.69, 9.17) is 9.84 Å². The lowest BCUT2D eigenvalue weighted by atomic mass is 10.2. The van der Waals surface area contributed by atoms with Gasteiger partial charge in [0, 0.05) is 18.2 Å². The zero-order valence-corrected chi connectivity index (χ0v) is 10.5. The summed E-state index contributed by atoms with van der Waals surface area (Å²) in [5.74, 6) is 6.08. The summed E-state index contributed by atoms with van der Waals surface area (Å²) in [6, 6.07) is 12.0. The van der Waals surface area contributed by atoms with E-state index in [9.17, 15) is 0 Å². The molecule has 1 aromatic carbocycles. The smallest absolute Gasteiger partial charge is 0.138 e. The third kappa shape index (κ3) is 4.46. The van der Waals surface area contributed by atoms with Crippen LogP contribution in [0.25, 0.3) is 0 Å². The molecule has 0 aliphatic heterocycles. The molecule has 0 bridgehead atoms. The van der Waals surface area contributed by atoms with Crippen molar-refractivity contribution in [3.8, 4) is 17.6 Å². The summed E-state index contributed by atoms with van der Waals surface area (Å²) < 4.78 is 5.64. The Morgan fingerprint density at radius 2 is 2.00 bits per heavy atom. The van der Waals surface area contributed by atoms with Crippen LogP contribution < -0.4 is 4.74 Å². The van der Waals surface area contributed by atoms with Crippen molar-refractivity contribution in [3.63, 3.8) is 0 Å². The molecular formula is C16H15NO2. The molecule has 0 amide bonds. The molecule has 19 heavy (non-hydrogen) atoms. The predicted molar refractivity (Wildman–Crippen MR) is 73.8 cm³/mol. The summed E-state index contributed by atoms with van der Waals surface area (Å²) >= 11 is 0. The number of aliphatic hydroxyl groups is 1. The SMILES string of the molecule is OCC#Cc1cncc(OCCc2ccccc2)c1. The molecule has 0 aliphatic rings. The van der Waals surface area contributed by atoms with E-state index in [1.54, 1.807) is 12.4 Å². The second-order valence-corrected chi connectivity index (χ2v) is 3.95. The zero-order valence-electron chi connectivity index (χ0n) is 10.5. The van der Waals surface area contributed by atoms with Gasteiger partial charge in [0.2, 0.25) is 0 Å². The van der Waals surface area contributed by atoms with Gasteiger partial charge >= 0.3 is 0 Å². The Morgan fingerprint density at radius 3 is 2.79 bits per heavy atom. The molecule has 0 radical (unpaired) electrons. The van der Waals surface area contributed by atoms with Gasteiger partial charge < -0.3 is 9.84 Å². The minimum absolute atomic E-state index is 0.154. The van der Waals surface area contributed by atoms with Crippen LogP contribution in [0.2, 0.25) is 0 Å². The number of nitrogens with zero attached hydrogens (tertiary/aromatic N) is 1. The maximum atomic E-state index is 8.64. The molecule has 3 nitrogen and oxygen atoms in total. The number of hydrogen-bond donors (Lipinski definition) is 1. The van der Waals surface area contributed by atoms with Gasteiger partial charge in [-0.15, -0.1) is 0 Å². The molecule has 2 aromatic rings. The van der Waals surface area contributed by atoms with Gasteiger partial charge in [-0.3, -0.25) is 4.98 Å². The Balaban J connectivity index is 1.89. The summed E-state index contributed by atoms with van der Waals surface area (Å²) in [7, 11) is 0. The third-order valence-electron chi connectivity index (χ3n) is 2.53. The van der Waals surface area contributed by atoms with Gasteiger partial charge in [0.1, 0.15) is 12.4 Å². The van der Waals surface area contributed by atoms with Crippen molar-refractivity contribution >= 4 is 0 Å². The van der Waals surface area contributed by atoms with Crippen LogP contribution in [0.15, 0.2) is 48.8 Å². The summed E-state index contributed by atoms with van der Waals surface area (Å²) in [6.07, 6.45) is 4.16. The molecule has 0 unspecified atom stereocenters. The van der Waals surface area contributed by atoms with E-state index in [-0.39, 0.29) is 6.61 Å². The van der Waals surface area contributed by atoms with Crippen LogP contribution in [0.4, 0.5) is 0 Å². The third-order valence-corrected chi connectivity index (χ3v) is 2.53. The minimum Gasteiger partial charge on any atom is -0.492 e. The second kappa shape index (κ2) is 7.20. The van der Waals surface area contributed by atoms with Gasteiger partial charge in [0.05, 0.1) is 12.8 Å². The minimum atomic E-state index is -0.154. The molecule has 0 atom stereocenters. The lowest BCUT2D eigenvalue weighted by Gasteiger charge is -2.06. The first-order chi connectivity index (χ1) is 9.38. The molecule has 0 aliphatic carbocycles. The molecule has 0 saturated heterocycles. The number of rotatable bonds is 4. The Bertz CT molecular complexity index is 570. The highest BCUT2D eigenvalue weighted by Crippen LogP contribution is 2.11. The lowest BCUT2D eigenvalue weighted by Crippen LogP contribution is -2.01. The highest BCUT2D eigenvalue weighted by atomic mass is 16.5. The summed E-state index contributed by atoms with van der Waals surface area (Å²) in [6.45, 7) is 0.446. The fraction of sp³-hybridized carbons (Fsp3) is 0.188. The molecule has 0 fully saturated rings. The van der Waals surface area contributed by atoms with Crippen LogP contribution in [0.1, 0.15) is 11.1 Å². The number of aromatic nitrogens is 1. The topological polar surface area (TPSA) is 42.4 Å².